The van der Waals surface area contributed by atoms with Crippen LogP contribution in [0.4, 0.5) is 0 Å². The zero-order valence-corrected chi connectivity index (χ0v) is 22.4. The topological polar surface area (TPSA) is 106 Å². The number of nitrogens with one attached hydrogen (secondary N) is 1. The van der Waals surface area contributed by atoms with Crippen molar-refractivity contribution in [3.05, 3.63) is 42.2 Å². The number of H-pyrrole nitrogens is 1. The zero-order valence-electron chi connectivity index (χ0n) is 22.4. The molecule has 2 saturated heterocycles. The molecule has 200 valence electrons. The summed E-state index contributed by atoms with van der Waals surface area (Å²) in [6.45, 7) is 9.64. The van der Waals surface area contributed by atoms with Crippen molar-refractivity contribution in [1.29, 1.82) is 0 Å². The molecule has 6 heterocycles. The van der Waals surface area contributed by atoms with Gasteiger partial charge in [-0.3, -0.25) is 15.1 Å². The number of hydrogen-bond donors (Lipinski definition) is 1. The molecule has 0 atom stereocenters. The van der Waals surface area contributed by atoms with Gasteiger partial charge < -0.3 is 14.4 Å². The first kappa shape index (κ1) is 24.9. The van der Waals surface area contributed by atoms with Gasteiger partial charge in [-0.05, 0) is 56.7 Å². The minimum atomic E-state index is 0.220. The van der Waals surface area contributed by atoms with Crippen molar-refractivity contribution in [2.45, 2.75) is 51.4 Å². The van der Waals surface area contributed by atoms with E-state index in [4.69, 9.17) is 19.4 Å². The van der Waals surface area contributed by atoms with E-state index in [1.807, 2.05) is 24.7 Å². The van der Waals surface area contributed by atoms with Crippen molar-refractivity contribution < 1.29 is 9.47 Å². The highest BCUT2D eigenvalue weighted by molar-refractivity contribution is 5.75. The minimum absolute atomic E-state index is 0.220. The lowest BCUT2D eigenvalue weighted by Crippen LogP contribution is -2.38. The highest BCUT2D eigenvalue weighted by Crippen LogP contribution is 2.37. The second-order valence-electron chi connectivity index (χ2n) is 10.8. The van der Waals surface area contributed by atoms with Crippen molar-refractivity contribution >= 4 is 5.65 Å². The van der Waals surface area contributed by atoms with Gasteiger partial charge in [0, 0.05) is 49.2 Å². The van der Waals surface area contributed by atoms with Crippen LogP contribution in [0.5, 0.6) is 5.75 Å². The number of fused-ring (bicyclic) bond motifs is 1. The molecule has 0 unspecified atom stereocenters. The number of nitrogens with zero attached hydrogens (tertiary/aromatic N) is 7. The molecular weight excluding hydrogens is 480 g/mol. The first-order valence-electron chi connectivity index (χ1n) is 13.7. The molecule has 10 nitrogen and oxygen atoms in total. The Balaban J connectivity index is 1.19. The summed E-state index contributed by atoms with van der Waals surface area (Å²) in [4.78, 5) is 16.6. The average molecular weight is 517 g/mol. The number of pyridine rings is 1. The number of piperidine rings is 1. The van der Waals surface area contributed by atoms with Gasteiger partial charge in [-0.15, -0.1) is 0 Å². The summed E-state index contributed by atoms with van der Waals surface area (Å²) >= 11 is 0. The highest BCUT2D eigenvalue weighted by Gasteiger charge is 2.26. The molecule has 6 rings (SSSR count). The van der Waals surface area contributed by atoms with Gasteiger partial charge in [0.1, 0.15) is 17.7 Å². The van der Waals surface area contributed by atoms with Gasteiger partial charge in [0.15, 0.2) is 11.4 Å². The van der Waals surface area contributed by atoms with Crippen LogP contribution in [0, 0.1) is 5.92 Å². The molecule has 0 bridgehead atoms. The van der Waals surface area contributed by atoms with Crippen molar-refractivity contribution in [3.63, 3.8) is 0 Å². The molecule has 38 heavy (non-hydrogen) atoms. The number of methoxy groups -OCH3 is 1. The zero-order chi connectivity index (χ0) is 26.1. The Morgan fingerprint density at radius 1 is 1.08 bits per heavy atom. The van der Waals surface area contributed by atoms with Crippen LogP contribution in [0.3, 0.4) is 0 Å². The molecule has 0 amide bonds. The Labute approximate surface area is 222 Å². The smallest absolute Gasteiger partial charge is 0.197 e. The van der Waals surface area contributed by atoms with Crippen molar-refractivity contribution in [3.8, 4) is 28.4 Å². The number of rotatable bonds is 7. The van der Waals surface area contributed by atoms with E-state index in [1.54, 1.807) is 11.6 Å². The lowest BCUT2D eigenvalue weighted by Gasteiger charge is -2.35. The Morgan fingerprint density at radius 3 is 2.61 bits per heavy atom. The normalized spacial score (nSPS) is 18.0. The maximum Gasteiger partial charge on any atom is 0.197 e. The van der Waals surface area contributed by atoms with Gasteiger partial charge in [0.05, 0.1) is 24.7 Å². The first-order valence-corrected chi connectivity index (χ1v) is 13.7. The van der Waals surface area contributed by atoms with Gasteiger partial charge in [0.25, 0.3) is 0 Å². The lowest BCUT2D eigenvalue weighted by molar-refractivity contribution is 0.0487. The third-order valence-electron chi connectivity index (χ3n) is 8.01. The number of hydrogen-bond acceptors (Lipinski definition) is 8. The molecule has 0 aromatic carbocycles. The Kier molecular flexibility index (Phi) is 7.08. The highest BCUT2D eigenvalue weighted by atomic mass is 16.5. The van der Waals surface area contributed by atoms with E-state index >= 15 is 0 Å². The molecular formula is C28H36N8O2. The summed E-state index contributed by atoms with van der Waals surface area (Å²) in [5.74, 6) is 2.13. The summed E-state index contributed by atoms with van der Waals surface area (Å²) in [6, 6.07) is 1.97. The van der Waals surface area contributed by atoms with Crippen LogP contribution in [0.25, 0.3) is 28.3 Å². The van der Waals surface area contributed by atoms with E-state index in [1.165, 1.54) is 25.7 Å². The fourth-order valence-corrected chi connectivity index (χ4v) is 5.89. The van der Waals surface area contributed by atoms with Crippen LogP contribution in [0.15, 0.2) is 31.0 Å². The van der Waals surface area contributed by atoms with Crippen LogP contribution >= 0.6 is 0 Å². The number of aromatic amines is 1. The largest absolute Gasteiger partial charge is 0.493 e. The molecule has 0 radical (unpaired) electrons. The van der Waals surface area contributed by atoms with Gasteiger partial charge in [-0.2, -0.15) is 10.2 Å². The molecule has 10 heteroatoms. The van der Waals surface area contributed by atoms with Crippen molar-refractivity contribution in [2.75, 3.05) is 40.0 Å². The molecule has 0 aliphatic carbocycles. The second kappa shape index (κ2) is 10.8. The predicted octanol–water partition coefficient (Wildman–Crippen LogP) is 4.31. The third kappa shape index (κ3) is 4.90. The molecule has 0 spiro atoms. The van der Waals surface area contributed by atoms with Gasteiger partial charge in [-0.1, -0.05) is 13.8 Å². The summed E-state index contributed by atoms with van der Waals surface area (Å²) in [5.41, 5.74) is 6.33. The molecule has 2 aliphatic heterocycles. The van der Waals surface area contributed by atoms with Crippen LogP contribution in [-0.4, -0.2) is 79.6 Å². The monoisotopic (exact) mass is 516 g/mol. The minimum Gasteiger partial charge on any atom is -0.493 e. The standard InChI is InChI=1S/C28H36N8O2/c1-18(2)25-26(21-12-24(37-3)28-31-17-32-36(28)16-21)33-34-27(25)23-14-29-22(13-30-23)20-4-8-35(9-5-20)15-19-6-10-38-11-7-19/h12-14,16-20H,4-11,15H2,1-3H3,(H,33,34). The Morgan fingerprint density at radius 2 is 1.89 bits per heavy atom. The van der Waals surface area contributed by atoms with Gasteiger partial charge >= 0.3 is 0 Å². The lowest BCUT2D eigenvalue weighted by atomic mass is 9.92. The predicted molar refractivity (Wildman–Crippen MR) is 144 cm³/mol. The maximum atomic E-state index is 5.57. The molecule has 1 N–H and O–H groups in total. The molecule has 2 aliphatic rings. The van der Waals surface area contributed by atoms with E-state index in [2.05, 4.69) is 39.0 Å². The third-order valence-corrected chi connectivity index (χ3v) is 8.01. The molecule has 2 fully saturated rings. The van der Waals surface area contributed by atoms with E-state index in [-0.39, 0.29) is 5.92 Å². The van der Waals surface area contributed by atoms with Crippen LogP contribution in [0.1, 0.15) is 62.6 Å². The maximum absolute atomic E-state index is 5.57. The van der Waals surface area contributed by atoms with Crippen molar-refractivity contribution in [2.24, 2.45) is 5.92 Å². The average Bonchev–Trinajstić information content (AvgIpc) is 3.61. The van der Waals surface area contributed by atoms with Crippen LogP contribution in [0.2, 0.25) is 0 Å². The first-order chi connectivity index (χ1) is 18.6. The summed E-state index contributed by atoms with van der Waals surface area (Å²) in [6.07, 6.45) is 12.0. The van der Waals surface area contributed by atoms with Crippen LogP contribution < -0.4 is 4.74 Å². The summed E-state index contributed by atoms with van der Waals surface area (Å²) < 4.78 is 12.8. The summed E-state index contributed by atoms with van der Waals surface area (Å²) in [5, 5.41) is 12.2. The second-order valence-corrected chi connectivity index (χ2v) is 10.8. The van der Waals surface area contributed by atoms with Crippen molar-refractivity contribution in [1.82, 2.24) is 39.7 Å². The fourth-order valence-electron chi connectivity index (χ4n) is 5.89. The number of ether oxygens (including phenoxy) is 2. The number of aromatic nitrogens is 7. The van der Waals surface area contributed by atoms with Crippen LogP contribution in [-0.2, 0) is 4.74 Å². The van der Waals surface area contributed by atoms with E-state index in [9.17, 15) is 0 Å². The Hall–Kier alpha value is -3.37. The molecule has 0 saturated carbocycles. The molecule has 4 aromatic rings. The Bertz CT molecular complexity index is 1370. The summed E-state index contributed by atoms with van der Waals surface area (Å²) in [7, 11) is 1.64. The van der Waals surface area contributed by atoms with Gasteiger partial charge in [0.2, 0.25) is 0 Å². The van der Waals surface area contributed by atoms with E-state index in [0.29, 0.717) is 17.3 Å². The fraction of sp³-hybridized carbons (Fsp3) is 0.536. The SMILES string of the molecule is COc1cc(-c2[nH]nc(-c3cnc(C4CCN(CC5CCOCC5)CC4)cn3)c2C(C)C)cn2ncnc12. The van der Waals surface area contributed by atoms with E-state index in [0.717, 1.165) is 79.0 Å². The van der Waals surface area contributed by atoms with Gasteiger partial charge in [-0.25, -0.2) is 9.50 Å². The molecule has 4 aromatic heterocycles. The quantitative estimate of drug-likeness (QED) is 0.387. The van der Waals surface area contributed by atoms with E-state index < -0.39 is 0 Å². The number of likely N-dealkylation sites (tertiary alicyclic amines) is 1.